The van der Waals surface area contributed by atoms with Crippen LogP contribution in [0.3, 0.4) is 0 Å². The van der Waals surface area contributed by atoms with Gasteiger partial charge >= 0.3 is 17.6 Å². The van der Waals surface area contributed by atoms with Gasteiger partial charge in [0.1, 0.15) is 17.9 Å². The molecular weight excluding hydrogens is 272 g/mol. The van der Waals surface area contributed by atoms with Gasteiger partial charge < -0.3 is 15.5 Å². The Labute approximate surface area is 111 Å². The fourth-order valence-electron chi connectivity index (χ4n) is 1.31. The number of nitriles is 1. The number of nitrogens with zero attached hydrogens (tertiary/aromatic N) is 3. The van der Waals surface area contributed by atoms with Gasteiger partial charge in [-0.05, 0) is 6.07 Å². The Morgan fingerprint density at radius 1 is 1.50 bits per heavy atom. The number of carbonyl (C=O) groups is 2. The average Bonchev–Trinajstić information content (AvgIpc) is 2.36. The molecule has 20 heavy (non-hydrogen) atoms. The van der Waals surface area contributed by atoms with Gasteiger partial charge in [0, 0.05) is 6.07 Å². The van der Waals surface area contributed by atoms with Crippen LogP contribution >= 0.6 is 0 Å². The lowest BCUT2D eigenvalue weighted by atomic mass is 10.2. The number of hydrogen-bond acceptors (Lipinski definition) is 7. The summed E-state index contributed by atoms with van der Waals surface area (Å²) < 4.78 is 0. The largest absolute Gasteiger partial charge is 0.481 e. The van der Waals surface area contributed by atoms with E-state index >= 15 is 0 Å². The van der Waals surface area contributed by atoms with Crippen molar-refractivity contribution in [2.24, 2.45) is 0 Å². The summed E-state index contributed by atoms with van der Waals surface area (Å²) in [4.78, 5) is 34.7. The summed E-state index contributed by atoms with van der Waals surface area (Å²) in [5.41, 5.74) is -1.03. The van der Waals surface area contributed by atoms with Crippen molar-refractivity contribution >= 4 is 23.4 Å². The second kappa shape index (κ2) is 6.10. The lowest BCUT2D eigenvalue weighted by Crippen LogP contribution is -2.32. The second-order valence-corrected chi connectivity index (χ2v) is 3.57. The monoisotopic (exact) mass is 280 g/mol. The number of carboxylic acids is 2. The summed E-state index contributed by atoms with van der Waals surface area (Å²) in [5.74, 6) is -2.90. The maximum atomic E-state index is 10.8. The third kappa shape index (κ3) is 3.64. The molecule has 0 aliphatic heterocycles. The molecule has 1 rings (SSSR count). The van der Waals surface area contributed by atoms with Gasteiger partial charge in [0.15, 0.2) is 0 Å². The summed E-state index contributed by atoms with van der Waals surface area (Å²) in [6.45, 7) is 0. The van der Waals surface area contributed by atoms with Crippen LogP contribution in [0.25, 0.3) is 0 Å². The standard InChI is InChI=1S/C10H8N4O6/c11-4-6-7(14(19)20)1-2-8(13-6)12-5(10(17)18)3-9(15)16/h1-2,5H,3H2,(H,12,13)(H,15,16)(H,17,18). The van der Waals surface area contributed by atoms with Crippen LogP contribution in [0.15, 0.2) is 12.1 Å². The fourth-order valence-corrected chi connectivity index (χ4v) is 1.31. The molecule has 0 spiro atoms. The first-order chi connectivity index (χ1) is 9.35. The normalized spacial score (nSPS) is 11.2. The van der Waals surface area contributed by atoms with E-state index in [0.29, 0.717) is 0 Å². The van der Waals surface area contributed by atoms with E-state index in [4.69, 9.17) is 15.5 Å². The predicted octanol–water partition coefficient (Wildman–Crippen LogP) is 0.201. The van der Waals surface area contributed by atoms with Crippen LogP contribution in [0.2, 0.25) is 0 Å². The summed E-state index contributed by atoms with van der Waals surface area (Å²) in [7, 11) is 0. The minimum absolute atomic E-state index is 0.138. The number of hydrogen-bond donors (Lipinski definition) is 3. The fraction of sp³-hybridized carbons (Fsp3) is 0.200. The highest BCUT2D eigenvalue weighted by Crippen LogP contribution is 2.18. The summed E-state index contributed by atoms with van der Waals surface area (Å²) in [6, 6.07) is 2.11. The van der Waals surface area contributed by atoms with Crippen molar-refractivity contribution in [3.8, 4) is 6.07 Å². The highest BCUT2D eigenvalue weighted by Gasteiger charge is 2.22. The maximum absolute atomic E-state index is 10.8. The molecular formula is C10H8N4O6. The zero-order valence-corrected chi connectivity index (χ0v) is 9.81. The average molecular weight is 280 g/mol. The number of aromatic nitrogens is 1. The smallest absolute Gasteiger partial charge is 0.326 e. The number of nitro groups is 1. The van der Waals surface area contributed by atoms with Crippen LogP contribution in [-0.4, -0.2) is 38.1 Å². The summed E-state index contributed by atoms with van der Waals surface area (Å²) >= 11 is 0. The highest BCUT2D eigenvalue weighted by atomic mass is 16.6. The molecule has 0 aromatic carbocycles. The van der Waals surface area contributed by atoms with E-state index in [-0.39, 0.29) is 5.82 Å². The molecule has 1 aromatic heterocycles. The van der Waals surface area contributed by atoms with E-state index in [1.54, 1.807) is 0 Å². The maximum Gasteiger partial charge on any atom is 0.326 e. The predicted molar refractivity (Wildman–Crippen MR) is 62.9 cm³/mol. The first kappa shape index (κ1) is 14.8. The van der Waals surface area contributed by atoms with Crippen LogP contribution in [-0.2, 0) is 9.59 Å². The van der Waals surface area contributed by atoms with E-state index < -0.39 is 40.7 Å². The van der Waals surface area contributed by atoms with Crippen LogP contribution < -0.4 is 5.32 Å². The number of rotatable bonds is 6. The Bertz CT molecular complexity index is 608. The number of anilines is 1. The van der Waals surface area contributed by atoms with Gasteiger partial charge in [0.05, 0.1) is 11.3 Å². The summed E-state index contributed by atoms with van der Waals surface area (Å²) in [6.07, 6.45) is -0.712. The molecule has 10 nitrogen and oxygen atoms in total. The molecule has 0 aliphatic rings. The third-order valence-electron chi connectivity index (χ3n) is 2.18. The Morgan fingerprint density at radius 3 is 2.60 bits per heavy atom. The van der Waals surface area contributed by atoms with Crippen LogP contribution in [0, 0.1) is 21.4 Å². The van der Waals surface area contributed by atoms with Crippen molar-refractivity contribution in [3.05, 3.63) is 27.9 Å². The molecule has 0 saturated carbocycles. The lowest BCUT2D eigenvalue weighted by Gasteiger charge is -2.12. The van der Waals surface area contributed by atoms with Crippen molar-refractivity contribution in [3.63, 3.8) is 0 Å². The zero-order valence-electron chi connectivity index (χ0n) is 9.81. The van der Waals surface area contributed by atoms with Crippen LogP contribution in [0.5, 0.6) is 0 Å². The van der Waals surface area contributed by atoms with Crippen LogP contribution in [0.4, 0.5) is 11.5 Å². The quantitative estimate of drug-likeness (QED) is 0.487. The van der Waals surface area contributed by atoms with E-state index in [0.717, 1.165) is 12.1 Å². The lowest BCUT2D eigenvalue weighted by molar-refractivity contribution is -0.385. The molecule has 1 aromatic rings. The van der Waals surface area contributed by atoms with Crippen molar-refractivity contribution in [1.29, 1.82) is 5.26 Å². The minimum Gasteiger partial charge on any atom is -0.481 e. The molecule has 0 radical (unpaired) electrons. The Morgan fingerprint density at radius 2 is 2.15 bits per heavy atom. The third-order valence-corrected chi connectivity index (χ3v) is 2.18. The molecule has 1 heterocycles. The van der Waals surface area contributed by atoms with Crippen LogP contribution in [0.1, 0.15) is 12.1 Å². The van der Waals surface area contributed by atoms with E-state index in [1.165, 1.54) is 6.07 Å². The highest BCUT2D eigenvalue weighted by molar-refractivity contribution is 5.83. The molecule has 0 aliphatic carbocycles. The number of nitrogens with one attached hydrogen (secondary N) is 1. The number of pyridine rings is 1. The summed E-state index contributed by atoms with van der Waals surface area (Å²) in [5, 5.41) is 39.0. The molecule has 3 N–H and O–H groups in total. The van der Waals surface area contributed by atoms with Gasteiger partial charge in [-0.15, -0.1) is 0 Å². The number of carboxylic acid groups (broad SMARTS) is 2. The van der Waals surface area contributed by atoms with Gasteiger partial charge in [0.25, 0.3) is 0 Å². The molecule has 0 saturated heterocycles. The van der Waals surface area contributed by atoms with Crippen molar-refractivity contribution in [1.82, 2.24) is 4.98 Å². The first-order valence-electron chi connectivity index (χ1n) is 5.11. The van der Waals surface area contributed by atoms with Crippen molar-refractivity contribution in [2.75, 3.05) is 5.32 Å². The van der Waals surface area contributed by atoms with E-state index in [9.17, 15) is 19.7 Å². The van der Waals surface area contributed by atoms with E-state index in [1.807, 2.05) is 0 Å². The SMILES string of the molecule is N#Cc1nc(NC(CC(=O)O)C(=O)O)ccc1[N+](=O)[O-]. The molecule has 1 unspecified atom stereocenters. The van der Waals surface area contributed by atoms with E-state index in [2.05, 4.69) is 10.3 Å². The van der Waals surface area contributed by atoms with Gasteiger partial charge in [0.2, 0.25) is 5.69 Å². The molecule has 0 amide bonds. The Kier molecular flexibility index (Phi) is 4.52. The Balaban J connectivity index is 3.03. The van der Waals surface area contributed by atoms with Crippen molar-refractivity contribution in [2.45, 2.75) is 12.5 Å². The van der Waals surface area contributed by atoms with Gasteiger partial charge in [-0.3, -0.25) is 14.9 Å². The van der Waals surface area contributed by atoms with Gasteiger partial charge in [-0.25, -0.2) is 9.78 Å². The van der Waals surface area contributed by atoms with Gasteiger partial charge in [-0.2, -0.15) is 5.26 Å². The molecule has 1 atom stereocenters. The molecule has 0 fully saturated rings. The Hall–Kier alpha value is -3.22. The topological polar surface area (TPSA) is 166 Å². The minimum atomic E-state index is -1.46. The molecule has 0 bridgehead atoms. The molecule has 10 heteroatoms. The van der Waals surface area contributed by atoms with Crippen molar-refractivity contribution < 1.29 is 24.7 Å². The molecule has 104 valence electrons. The van der Waals surface area contributed by atoms with Gasteiger partial charge in [-0.1, -0.05) is 0 Å². The first-order valence-corrected chi connectivity index (χ1v) is 5.11. The number of aliphatic carboxylic acids is 2. The second-order valence-electron chi connectivity index (χ2n) is 3.57. The zero-order chi connectivity index (χ0) is 15.3.